The molecule has 0 saturated carbocycles. The van der Waals surface area contributed by atoms with Crippen LogP contribution in [0.25, 0.3) is 11.0 Å². The number of carbonyl (C=O) groups excluding carboxylic acids is 1. The molecule has 0 bridgehead atoms. The Hall–Kier alpha value is -3.22. The van der Waals surface area contributed by atoms with Crippen LogP contribution in [0.4, 0.5) is 0 Å². The first-order valence-corrected chi connectivity index (χ1v) is 7.80. The van der Waals surface area contributed by atoms with Crippen molar-refractivity contribution in [2.45, 2.75) is 20.4 Å². The van der Waals surface area contributed by atoms with E-state index in [9.17, 15) is 14.4 Å². The molecule has 0 radical (unpaired) electrons. The van der Waals surface area contributed by atoms with Crippen molar-refractivity contribution < 1.29 is 4.79 Å². The number of nitrogens with zero attached hydrogens (tertiary/aromatic N) is 2. The molecule has 2 heterocycles. The summed E-state index contributed by atoms with van der Waals surface area (Å²) >= 11 is 0. The van der Waals surface area contributed by atoms with E-state index in [0.29, 0.717) is 6.54 Å². The lowest BCUT2D eigenvalue weighted by molar-refractivity contribution is 0.0950. The average Bonchev–Trinajstić information content (AvgIpc) is 2.58. The van der Waals surface area contributed by atoms with Gasteiger partial charge in [-0.2, -0.15) is 0 Å². The van der Waals surface area contributed by atoms with Crippen LogP contribution in [0.1, 0.15) is 27.0 Å². The summed E-state index contributed by atoms with van der Waals surface area (Å²) in [5.41, 5.74) is 2.68. The van der Waals surface area contributed by atoms with E-state index in [1.165, 1.54) is 23.9 Å². The van der Waals surface area contributed by atoms with Crippen molar-refractivity contribution in [3.05, 3.63) is 73.6 Å². The molecule has 0 aliphatic carbocycles. The molecule has 0 aliphatic heterocycles. The number of H-pyrrole nitrogens is 1. The summed E-state index contributed by atoms with van der Waals surface area (Å²) in [6.07, 6.45) is 1.36. The fourth-order valence-electron chi connectivity index (χ4n) is 2.68. The molecule has 1 amide bonds. The van der Waals surface area contributed by atoms with Crippen molar-refractivity contribution in [2.24, 2.45) is 7.05 Å². The summed E-state index contributed by atoms with van der Waals surface area (Å²) in [6.45, 7) is 4.39. The van der Waals surface area contributed by atoms with E-state index in [0.717, 1.165) is 16.7 Å². The number of carbonyl (C=O) groups is 1. The summed E-state index contributed by atoms with van der Waals surface area (Å²) < 4.78 is 1.23. The maximum atomic E-state index is 12.4. The molecule has 0 aliphatic rings. The standard InChI is InChI=1S/C18H18N4O3/c1-10-4-5-12(11(2)6-10)8-20-16(23)13-7-14-15(19-9-13)22(3)18(25)21-17(14)24/h4-7,9H,8H2,1-3H3,(H,20,23)(H,21,24,25). The van der Waals surface area contributed by atoms with Gasteiger partial charge >= 0.3 is 5.69 Å². The number of aromatic amines is 1. The van der Waals surface area contributed by atoms with E-state index in [-0.39, 0.29) is 22.5 Å². The lowest BCUT2D eigenvalue weighted by Crippen LogP contribution is -2.29. The van der Waals surface area contributed by atoms with Crippen LogP contribution >= 0.6 is 0 Å². The summed E-state index contributed by atoms with van der Waals surface area (Å²) in [6, 6.07) is 7.47. The van der Waals surface area contributed by atoms with Crippen LogP contribution in [-0.2, 0) is 13.6 Å². The van der Waals surface area contributed by atoms with Crippen LogP contribution in [0.2, 0.25) is 0 Å². The van der Waals surface area contributed by atoms with E-state index in [2.05, 4.69) is 21.4 Å². The average molecular weight is 338 g/mol. The van der Waals surface area contributed by atoms with Crippen LogP contribution < -0.4 is 16.6 Å². The smallest absolute Gasteiger partial charge is 0.329 e. The van der Waals surface area contributed by atoms with Crippen LogP contribution in [0, 0.1) is 13.8 Å². The molecule has 0 saturated heterocycles. The van der Waals surface area contributed by atoms with E-state index in [1.54, 1.807) is 0 Å². The molecular formula is C18H18N4O3. The Kier molecular flexibility index (Phi) is 4.22. The van der Waals surface area contributed by atoms with E-state index < -0.39 is 11.2 Å². The summed E-state index contributed by atoms with van der Waals surface area (Å²) in [5, 5.41) is 3.02. The molecule has 7 heteroatoms. The number of aromatic nitrogens is 3. The third-order valence-corrected chi connectivity index (χ3v) is 4.15. The largest absolute Gasteiger partial charge is 0.348 e. The summed E-state index contributed by atoms with van der Waals surface area (Å²) in [5.74, 6) is -0.331. The maximum absolute atomic E-state index is 12.4. The molecular weight excluding hydrogens is 320 g/mol. The Balaban J connectivity index is 1.87. The topological polar surface area (TPSA) is 96.8 Å². The number of rotatable bonds is 3. The molecule has 0 unspecified atom stereocenters. The second kappa shape index (κ2) is 6.35. The van der Waals surface area contributed by atoms with Crippen molar-refractivity contribution in [1.82, 2.24) is 19.9 Å². The SMILES string of the molecule is Cc1ccc(CNC(=O)c2cnc3c(c2)c(=O)[nH]c(=O)n3C)c(C)c1. The summed E-state index contributed by atoms with van der Waals surface area (Å²) in [4.78, 5) is 42.2. The molecule has 2 N–H and O–H groups in total. The number of fused-ring (bicyclic) bond motifs is 1. The van der Waals surface area contributed by atoms with Gasteiger partial charge in [0, 0.05) is 19.8 Å². The molecule has 2 aromatic heterocycles. The van der Waals surface area contributed by atoms with Crippen molar-refractivity contribution in [3.63, 3.8) is 0 Å². The number of benzene rings is 1. The van der Waals surface area contributed by atoms with Gasteiger partial charge in [-0.05, 0) is 31.0 Å². The second-order valence-corrected chi connectivity index (χ2v) is 6.03. The van der Waals surface area contributed by atoms with Gasteiger partial charge in [-0.1, -0.05) is 23.8 Å². The van der Waals surface area contributed by atoms with Crippen LogP contribution in [0.15, 0.2) is 40.1 Å². The van der Waals surface area contributed by atoms with Gasteiger partial charge in [0.05, 0.1) is 10.9 Å². The fraction of sp³-hybridized carbons (Fsp3) is 0.222. The van der Waals surface area contributed by atoms with E-state index in [1.807, 2.05) is 26.0 Å². The normalized spacial score (nSPS) is 10.8. The molecule has 25 heavy (non-hydrogen) atoms. The number of hydrogen-bond donors (Lipinski definition) is 2. The Labute approximate surface area is 143 Å². The highest BCUT2D eigenvalue weighted by Crippen LogP contribution is 2.11. The molecule has 1 aromatic carbocycles. The number of nitrogens with one attached hydrogen (secondary N) is 2. The van der Waals surface area contributed by atoms with Crippen molar-refractivity contribution in [2.75, 3.05) is 0 Å². The Bertz CT molecular complexity index is 1100. The van der Waals surface area contributed by atoms with Gasteiger partial charge in [-0.25, -0.2) is 9.78 Å². The minimum atomic E-state index is -0.561. The Morgan fingerprint density at radius 2 is 2.00 bits per heavy atom. The van der Waals surface area contributed by atoms with Crippen LogP contribution in [0.5, 0.6) is 0 Å². The third kappa shape index (κ3) is 3.21. The quantitative estimate of drug-likeness (QED) is 0.749. The van der Waals surface area contributed by atoms with Crippen molar-refractivity contribution in [1.29, 1.82) is 0 Å². The lowest BCUT2D eigenvalue weighted by atomic mass is 10.1. The van der Waals surface area contributed by atoms with Gasteiger partial charge in [0.15, 0.2) is 0 Å². The molecule has 0 spiro atoms. The molecule has 0 atom stereocenters. The van der Waals surface area contributed by atoms with Gasteiger partial charge in [-0.3, -0.25) is 19.1 Å². The predicted octanol–water partition coefficient (Wildman–Crippen LogP) is 1.17. The minimum absolute atomic E-state index is 0.196. The summed E-state index contributed by atoms with van der Waals surface area (Å²) in [7, 11) is 1.51. The van der Waals surface area contributed by atoms with Gasteiger partial charge in [0.25, 0.3) is 11.5 Å². The monoisotopic (exact) mass is 338 g/mol. The first-order valence-electron chi connectivity index (χ1n) is 7.80. The lowest BCUT2D eigenvalue weighted by Gasteiger charge is -2.09. The van der Waals surface area contributed by atoms with Gasteiger partial charge < -0.3 is 5.32 Å². The highest BCUT2D eigenvalue weighted by molar-refractivity contribution is 5.96. The second-order valence-electron chi connectivity index (χ2n) is 6.03. The number of pyridine rings is 1. The number of amides is 1. The van der Waals surface area contributed by atoms with Gasteiger partial charge in [0.1, 0.15) is 5.65 Å². The highest BCUT2D eigenvalue weighted by Gasteiger charge is 2.12. The number of aryl methyl sites for hydroxylation is 3. The van der Waals surface area contributed by atoms with Crippen LogP contribution in [-0.4, -0.2) is 20.4 Å². The zero-order chi connectivity index (χ0) is 18.1. The zero-order valence-electron chi connectivity index (χ0n) is 14.2. The molecule has 7 nitrogen and oxygen atoms in total. The van der Waals surface area contributed by atoms with Crippen molar-refractivity contribution in [3.8, 4) is 0 Å². The van der Waals surface area contributed by atoms with Crippen LogP contribution in [0.3, 0.4) is 0 Å². The maximum Gasteiger partial charge on any atom is 0.329 e. The fourth-order valence-corrected chi connectivity index (χ4v) is 2.68. The molecule has 3 rings (SSSR count). The van der Waals surface area contributed by atoms with E-state index >= 15 is 0 Å². The zero-order valence-corrected chi connectivity index (χ0v) is 14.2. The molecule has 128 valence electrons. The van der Waals surface area contributed by atoms with Crippen molar-refractivity contribution >= 4 is 16.9 Å². The van der Waals surface area contributed by atoms with Gasteiger partial charge in [0.2, 0.25) is 0 Å². The Morgan fingerprint density at radius 1 is 1.24 bits per heavy atom. The van der Waals surface area contributed by atoms with E-state index in [4.69, 9.17) is 0 Å². The Morgan fingerprint density at radius 3 is 2.72 bits per heavy atom. The third-order valence-electron chi connectivity index (χ3n) is 4.15. The molecule has 3 aromatic rings. The van der Waals surface area contributed by atoms with Gasteiger partial charge in [-0.15, -0.1) is 0 Å². The minimum Gasteiger partial charge on any atom is -0.348 e. The predicted molar refractivity (Wildman–Crippen MR) is 94.7 cm³/mol. The highest BCUT2D eigenvalue weighted by atomic mass is 16.2. The first kappa shape index (κ1) is 16.6. The molecule has 0 fully saturated rings. The first-order chi connectivity index (χ1) is 11.9. The number of hydrogen-bond acceptors (Lipinski definition) is 4.